The van der Waals surface area contributed by atoms with E-state index in [0.29, 0.717) is 31.6 Å². The molecule has 122 valence electrons. The lowest BCUT2D eigenvalue weighted by Crippen LogP contribution is -2.45. The molecule has 1 aliphatic rings. The quantitative estimate of drug-likeness (QED) is 0.906. The van der Waals surface area contributed by atoms with Crippen LogP contribution in [0.25, 0.3) is 0 Å². The fourth-order valence-corrected chi connectivity index (χ4v) is 2.55. The highest BCUT2D eigenvalue weighted by Gasteiger charge is 2.28. The Morgan fingerprint density at radius 1 is 1.35 bits per heavy atom. The van der Waals surface area contributed by atoms with E-state index in [9.17, 15) is 14.0 Å². The molecule has 1 aliphatic heterocycles. The number of nitriles is 1. The van der Waals surface area contributed by atoms with E-state index in [2.05, 4.69) is 5.32 Å². The molecule has 6 nitrogen and oxygen atoms in total. The van der Waals surface area contributed by atoms with Gasteiger partial charge in [0.15, 0.2) is 0 Å². The Morgan fingerprint density at radius 3 is 2.57 bits per heavy atom. The number of nitrogens with one attached hydrogen (secondary N) is 1. The van der Waals surface area contributed by atoms with Crippen molar-refractivity contribution in [3.63, 3.8) is 0 Å². The summed E-state index contributed by atoms with van der Waals surface area (Å²) < 4.78 is 13.3. The maximum atomic E-state index is 13.3. The van der Waals surface area contributed by atoms with E-state index in [1.165, 1.54) is 17.0 Å². The van der Waals surface area contributed by atoms with Crippen molar-refractivity contribution in [2.24, 2.45) is 5.92 Å². The van der Waals surface area contributed by atoms with E-state index < -0.39 is 5.82 Å². The van der Waals surface area contributed by atoms with Crippen LogP contribution in [-0.4, -0.2) is 48.9 Å². The van der Waals surface area contributed by atoms with Crippen LogP contribution >= 0.6 is 0 Å². The molecule has 3 amide bonds. The van der Waals surface area contributed by atoms with E-state index in [4.69, 9.17) is 5.26 Å². The van der Waals surface area contributed by atoms with Crippen LogP contribution in [0, 0.1) is 23.1 Å². The van der Waals surface area contributed by atoms with Gasteiger partial charge in [0.1, 0.15) is 11.9 Å². The molecular formula is C16H19FN4O2. The van der Waals surface area contributed by atoms with Gasteiger partial charge in [-0.15, -0.1) is 0 Å². The largest absolute Gasteiger partial charge is 0.331 e. The fourth-order valence-electron chi connectivity index (χ4n) is 2.55. The summed E-state index contributed by atoms with van der Waals surface area (Å²) in [5, 5.41) is 11.5. The number of rotatable bonds is 2. The number of piperidine rings is 1. The Hall–Kier alpha value is -2.62. The van der Waals surface area contributed by atoms with Gasteiger partial charge in [-0.05, 0) is 31.0 Å². The minimum Gasteiger partial charge on any atom is -0.331 e. The van der Waals surface area contributed by atoms with Gasteiger partial charge in [-0.25, -0.2) is 9.18 Å². The van der Waals surface area contributed by atoms with Crippen molar-refractivity contribution < 1.29 is 14.0 Å². The Kier molecular flexibility index (Phi) is 5.16. The molecule has 0 radical (unpaired) electrons. The normalized spacial score (nSPS) is 15.0. The van der Waals surface area contributed by atoms with Crippen LogP contribution in [0.3, 0.4) is 0 Å². The molecule has 2 rings (SSSR count). The lowest BCUT2D eigenvalue weighted by Gasteiger charge is -2.33. The van der Waals surface area contributed by atoms with Crippen molar-refractivity contribution in [3.8, 4) is 6.07 Å². The average Bonchev–Trinajstić information content (AvgIpc) is 2.55. The van der Waals surface area contributed by atoms with Gasteiger partial charge in [-0.1, -0.05) is 0 Å². The lowest BCUT2D eigenvalue weighted by atomic mass is 9.96. The molecule has 0 unspecified atom stereocenters. The van der Waals surface area contributed by atoms with Crippen LogP contribution in [0.5, 0.6) is 0 Å². The number of hydrogen-bond acceptors (Lipinski definition) is 3. The maximum Gasteiger partial charge on any atom is 0.319 e. The predicted molar refractivity (Wildman–Crippen MR) is 83.1 cm³/mol. The molecule has 1 N–H and O–H groups in total. The van der Waals surface area contributed by atoms with Gasteiger partial charge in [0.05, 0.1) is 5.56 Å². The number of halogens is 1. The molecule has 0 aliphatic carbocycles. The Labute approximate surface area is 134 Å². The van der Waals surface area contributed by atoms with E-state index in [0.717, 1.165) is 6.07 Å². The molecule has 1 heterocycles. The standard InChI is InChI=1S/C16H19FN4O2/c1-20(2)16(23)21-7-5-11(6-8-21)15(22)19-13-3-4-14(17)12(9-13)10-18/h3-4,9,11H,5-8H2,1-2H3,(H,19,22). The zero-order valence-electron chi connectivity index (χ0n) is 13.2. The minimum atomic E-state index is -0.610. The van der Waals surface area contributed by atoms with Crippen LogP contribution < -0.4 is 5.32 Å². The summed E-state index contributed by atoms with van der Waals surface area (Å²) >= 11 is 0. The Morgan fingerprint density at radius 2 is 2.00 bits per heavy atom. The number of nitrogens with zero attached hydrogens (tertiary/aromatic N) is 3. The van der Waals surface area contributed by atoms with Crippen LogP contribution in [0.15, 0.2) is 18.2 Å². The highest BCUT2D eigenvalue weighted by molar-refractivity contribution is 5.92. The molecule has 1 saturated heterocycles. The molecule has 23 heavy (non-hydrogen) atoms. The third-order valence-electron chi connectivity index (χ3n) is 3.87. The number of carbonyl (C=O) groups excluding carboxylic acids is 2. The molecule has 0 spiro atoms. The fraction of sp³-hybridized carbons (Fsp3) is 0.438. The summed E-state index contributed by atoms with van der Waals surface area (Å²) in [6, 6.07) is 5.59. The number of anilines is 1. The zero-order valence-corrected chi connectivity index (χ0v) is 13.2. The Balaban J connectivity index is 1.93. The van der Waals surface area contributed by atoms with Gasteiger partial charge in [0.25, 0.3) is 0 Å². The van der Waals surface area contributed by atoms with Crippen molar-refractivity contribution in [3.05, 3.63) is 29.6 Å². The lowest BCUT2D eigenvalue weighted by molar-refractivity contribution is -0.121. The number of urea groups is 1. The van der Waals surface area contributed by atoms with Crippen molar-refractivity contribution in [2.75, 3.05) is 32.5 Å². The summed E-state index contributed by atoms with van der Waals surface area (Å²) in [5.41, 5.74) is 0.300. The number of likely N-dealkylation sites (tertiary alicyclic amines) is 1. The summed E-state index contributed by atoms with van der Waals surface area (Å²) in [5.74, 6) is -0.977. The molecule has 0 bridgehead atoms. The second kappa shape index (κ2) is 7.09. The van der Waals surface area contributed by atoms with Crippen molar-refractivity contribution in [1.82, 2.24) is 9.80 Å². The molecule has 0 atom stereocenters. The first-order chi connectivity index (χ1) is 10.9. The second-order valence-corrected chi connectivity index (χ2v) is 5.73. The first-order valence-electron chi connectivity index (χ1n) is 7.39. The summed E-state index contributed by atoms with van der Waals surface area (Å²) in [6.45, 7) is 1.06. The zero-order chi connectivity index (χ0) is 17.0. The van der Waals surface area contributed by atoms with E-state index in [1.807, 2.05) is 0 Å². The predicted octanol–water partition coefficient (Wildman–Crippen LogP) is 2.03. The van der Waals surface area contributed by atoms with E-state index >= 15 is 0 Å². The topological polar surface area (TPSA) is 76.4 Å². The highest BCUT2D eigenvalue weighted by atomic mass is 19.1. The van der Waals surface area contributed by atoms with Crippen molar-refractivity contribution in [2.45, 2.75) is 12.8 Å². The minimum absolute atomic E-state index is 0.0546. The van der Waals surface area contributed by atoms with Crippen LogP contribution in [0.4, 0.5) is 14.9 Å². The number of benzene rings is 1. The monoisotopic (exact) mass is 318 g/mol. The van der Waals surface area contributed by atoms with E-state index in [-0.39, 0.29) is 23.4 Å². The van der Waals surface area contributed by atoms with Gasteiger partial charge in [-0.3, -0.25) is 4.79 Å². The first kappa shape index (κ1) is 16.7. The van der Waals surface area contributed by atoms with Gasteiger partial charge in [-0.2, -0.15) is 5.26 Å². The van der Waals surface area contributed by atoms with Gasteiger partial charge >= 0.3 is 6.03 Å². The van der Waals surface area contributed by atoms with Crippen LogP contribution in [0.1, 0.15) is 18.4 Å². The summed E-state index contributed by atoms with van der Waals surface area (Å²) in [4.78, 5) is 27.3. The van der Waals surface area contributed by atoms with Crippen LogP contribution in [0.2, 0.25) is 0 Å². The molecule has 0 saturated carbocycles. The Bertz CT molecular complexity index is 646. The number of carbonyl (C=O) groups is 2. The summed E-state index contributed by atoms with van der Waals surface area (Å²) in [6.07, 6.45) is 1.16. The highest BCUT2D eigenvalue weighted by Crippen LogP contribution is 2.21. The molecule has 1 aromatic carbocycles. The number of amides is 3. The average molecular weight is 318 g/mol. The van der Waals surface area contributed by atoms with Crippen molar-refractivity contribution >= 4 is 17.6 Å². The van der Waals surface area contributed by atoms with Crippen LogP contribution in [-0.2, 0) is 4.79 Å². The third-order valence-corrected chi connectivity index (χ3v) is 3.87. The molecule has 7 heteroatoms. The first-order valence-corrected chi connectivity index (χ1v) is 7.39. The molecular weight excluding hydrogens is 299 g/mol. The molecule has 1 fully saturated rings. The smallest absolute Gasteiger partial charge is 0.319 e. The van der Waals surface area contributed by atoms with E-state index in [1.54, 1.807) is 25.1 Å². The number of hydrogen-bond donors (Lipinski definition) is 1. The third kappa shape index (κ3) is 3.97. The van der Waals surface area contributed by atoms with Crippen molar-refractivity contribution in [1.29, 1.82) is 5.26 Å². The van der Waals surface area contributed by atoms with Gasteiger partial charge < -0.3 is 15.1 Å². The summed E-state index contributed by atoms with van der Waals surface area (Å²) in [7, 11) is 3.39. The SMILES string of the molecule is CN(C)C(=O)N1CCC(C(=O)Nc2ccc(F)c(C#N)c2)CC1. The molecule has 1 aromatic rings. The van der Waals surface area contributed by atoms with Gasteiger partial charge in [0.2, 0.25) is 5.91 Å². The second-order valence-electron chi connectivity index (χ2n) is 5.73. The maximum absolute atomic E-state index is 13.3. The molecule has 0 aromatic heterocycles. The van der Waals surface area contributed by atoms with Gasteiger partial charge in [0, 0.05) is 38.8 Å².